The lowest BCUT2D eigenvalue weighted by Crippen LogP contribution is -2.10. The van der Waals surface area contributed by atoms with Crippen LogP contribution in [0.15, 0.2) is 176 Å². The van der Waals surface area contributed by atoms with Gasteiger partial charge in [-0.25, -0.2) is 0 Å². The Labute approximate surface area is 241 Å². The molecule has 0 atom stereocenters. The maximum absolute atomic E-state index is 2.35. The summed E-state index contributed by atoms with van der Waals surface area (Å²) in [5.41, 5.74) is 10.6. The van der Waals surface area contributed by atoms with Crippen LogP contribution in [0.2, 0.25) is 0 Å². The number of rotatable bonds is 6. The Morgan fingerprint density at radius 1 is 0.293 bits per heavy atom. The summed E-state index contributed by atoms with van der Waals surface area (Å²) in [5, 5.41) is 2.51. The van der Waals surface area contributed by atoms with Crippen molar-refractivity contribution in [3.63, 3.8) is 0 Å². The molecule has 0 saturated heterocycles. The van der Waals surface area contributed by atoms with Crippen molar-refractivity contribution >= 4 is 27.8 Å². The molecule has 7 aromatic rings. The van der Waals surface area contributed by atoms with Gasteiger partial charge in [-0.3, -0.25) is 0 Å². The summed E-state index contributed by atoms with van der Waals surface area (Å²) in [5.74, 6) is 0. The van der Waals surface area contributed by atoms with Crippen molar-refractivity contribution < 1.29 is 0 Å². The van der Waals surface area contributed by atoms with E-state index in [1.165, 1.54) is 44.2 Å². The van der Waals surface area contributed by atoms with Crippen LogP contribution in [-0.2, 0) is 0 Å². The van der Waals surface area contributed by atoms with E-state index in [0.29, 0.717) is 0 Å². The summed E-state index contributed by atoms with van der Waals surface area (Å²) in [4.78, 5) is 2.35. The lowest BCUT2D eigenvalue weighted by molar-refractivity contribution is 1.28. The maximum atomic E-state index is 2.35. The molecule has 0 heterocycles. The molecule has 41 heavy (non-hydrogen) atoms. The second-order valence-corrected chi connectivity index (χ2v) is 10.2. The molecule has 7 rings (SSSR count). The molecule has 0 N–H and O–H groups in total. The maximum Gasteiger partial charge on any atom is 0.0467 e. The molecule has 7 aromatic carbocycles. The zero-order chi connectivity index (χ0) is 27.4. The zero-order valence-corrected chi connectivity index (χ0v) is 22.7. The summed E-state index contributed by atoms with van der Waals surface area (Å²) in [7, 11) is 0. The predicted molar refractivity (Wildman–Crippen MR) is 175 cm³/mol. The summed E-state index contributed by atoms with van der Waals surface area (Å²) >= 11 is 0. The summed E-state index contributed by atoms with van der Waals surface area (Å²) in [6.45, 7) is 0. The third-order valence-electron chi connectivity index (χ3n) is 7.67. The van der Waals surface area contributed by atoms with Crippen molar-refractivity contribution in [1.29, 1.82) is 0 Å². The molecule has 1 heteroatoms. The van der Waals surface area contributed by atoms with E-state index < -0.39 is 0 Å². The van der Waals surface area contributed by atoms with E-state index in [0.717, 1.165) is 17.1 Å². The number of fused-ring (bicyclic) bond motifs is 1. The Morgan fingerprint density at radius 3 is 1.37 bits per heavy atom. The molecule has 0 fully saturated rings. The minimum atomic E-state index is 1.12. The average Bonchev–Trinajstić information content (AvgIpc) is 3.06. The van der Waals surface area contributed by atoms with Crippen molar-refractivity contribution in [2.45, 2.75) is 0 Å². The average molecular weight is 524 g/mol. The quantitative estimate of drug-likeness (QED) is 0.209. The van der Waals surface area contributed by atoms with Crippen molar-refractivity contribution in [1.82, 2.24) is 0 Å². The number of anilines is 3. The Morgan fingerprint density at radius 2 is 0.756 bits per heavy atom. The SMILES string of the molecule is c1ccc(-c2ccc(N(c3ccc(-c4ccccc4)cc3)c3cccc(-c4cccc5ccccc45)c3)cc2)cc1. The van der Waals surface area contributed by atoms with E-state index in [9.17, 15) is 0 Å². The minimum absolute atomic E-state index is 1.12. The van der Waals surface area contributed by atoms with Gasteiger partial charge in [-0.2, -0.15) is 0 Å². The largest absolute Gasteiger partial charge is 0.310 e. The van der Waals surface area contributed by atoms with Gasteiger partial charge in [0.25, 0.3) is 0 Å². The van der Waals surface area contributed by atoms with Crippen molar-refractivity contribution in [3.05, 3.63) is 176 Å². The zero-order valence-electron chi connectivity index (χ0n) is 22.7. The summed E-state index contributed by atoms with van der Waals surface area (Å²) < 4.78 is 0. The van der Waals surface area contributed by atoms with E-state index in [1.54, 1.807) is 0 Å². The Hall–Kier alpha value is -5.40. The molecule has 0 saturated carbocycles. The fraction of sp³-hybridized carbons (Fsp3) is 0. The van der Waals surface area contributed by atoms with Gasteiger partial charge in [-0.1, -0.05) is 140 Å². The van der Waals surface area contributed by atoms with Crippen LogP contribution in [0.25, 0.3) is 44.2 Å². The van der Waals surface area contributed by atoms with Crippen LogP contribution >= 0.6 is 0 Å². The molecular weight excluding hydrogens is 494 g/mol. The minimum Gasteiger partial charge on any atom is -0.310 e. The first-order valence-corrected chi connectivity index (χ1v) is 14.0. The van der Waals surface area contributed by atoms with Gasteiger partial charge in [0.2, 0.25) is 0 Å². The van der Waals surface area contributed by atoms with E-state index in [2.05, 4.69) is 181 Å². The summed E-state index contributed by atoms with van der Waals surface area (Å²) in [6.07, 6.45) is 0. The molecule has 0 aliphatic heterocycles. The molecule has 0 radical (unpaired) electrons. The van der Waals surface area contributed by atoms with Crippen molar-refractivity contribution in [2.75, 3.05) is 4.90 Å². The van der Waals surface area contributed by atoms with Gasteiger partial charge in [0.15, 0.2) is 0 Å². The molecule has 0 unspecified atom stereocenters. The monoisotopic (exact) mass is 523 g/mol. The van der Waals surface area contributed by atoms with Gasteiger partial charge in [0.05, 0.1) is 0 Å². The summed E-state index contributed by atoms with van der Waals surface area (Å²) in [6, 6.07) is 62.8. The second kappa shape index (κ2) is 11.0. The number of hydrogen-bond donors (Lipinski definition) is 0. The number of nitrogens with zero attached hydrogens (tertiary/aromatic N) is 1. The molecule has 0 aromatic heterocycles. The number of benzene rings is 7. The Balaban J connectivity index is 1.33. The van der Waals surface area contributed by atoms with E-state index >= 15 is 0 Å². The molecule has 1 nitrogen and oxygen atoms in total. The third kappa shape index (κ3) is 5.02. The topological polar surface area (TPSA) is 3.24 Å². The van der Waals surface area contributed by atoms with Gasteiger partial charge in [0.1, 0.15) is 0 Å². The molecule has 0 bridgehead atoms. The Kier molecular flexibility index (Phi) is 6.61. The second-order valence-electron chi connectivity index (χ2n) is 10.2. The molecule has 0 aliphatic carbocycles. The van der Waals surface area contributed by atoms with Crippen LogP contribution in [0.1, 0.15) is 0 Å². The standard InChI is InChI=1S/C40H29N/c1-3-11-30(12-4-1)32-21-25-36(26-22-32)41(37-27-23-33(24-28-37)31-13-5-2-6-14-31)38-18-9-17-35(29-38)40-20-10-16-34-15-7-8-19-39(34)40/h1-29H. The third-order valence-corrected chi connectivity index (χ3v) is 7.67. The fourth-order valence-corrected chi connectivity index (χ4v) is 5.60. The van der Waals surface area contributed by atoms with Gasteiger partial charge >= 0.3 is 0 Å². The smallest absolute Gasteiger partial charge is 0.0467 e. The highest BCUT2D eigenvalue weighted by atomic mass is 15.1. The highest BCUT2D eigenvalue weighted by Gasteiger charge is 2.15. The van der Waals surface area contributed by atoms with E-state index in [4.69, 9.17) is 0 Å². The number of hydrogen-bond acceptors (Lipinski definition) is 1. The molecular formula is C40H29N. The first-order valence-electron chi connectivity index (χ1n) is 14.0. The van der Waals surface area contributed by atoms with Gasteiger partial charge in [-0.15, -0.1) is 0 Å². The van der Waals surface area contributed by atoms with E-state index in [-0.39, 0.29) is 0 Å². The normalized spacial score (nSPS) is 10.9. The molecule has 0 amide bonds. The van der Waals surface area contributed by atoms with Crippen LogP contribution in [0.4, 0.5) is 17.1 Å². The van der Waals surface area contributed by atoms with Crippen LogP contribution in [0.3, 0.4) is 0 Å². The highest BCUT2D eigenvalue weighted by molar-refractivity contribution is 5.97. The van der Waals surface area contributed by atoms with Crippen LogP contribution in [0, 0.1) is 0 Å². The highest BCUT2D eigenvalue weighted by Crippen LogP contribution is 2.39. The fourth-order valence-electron chi connectivity index (χ4n) is 5.60. The van der Waals surface area contributed by atoms with Crippen LogP contribution in [0.5, 0.6) is 0 Å². The van der Waals surface area contributed by atoms with Crippen LogP contribution < -0.4 is 4.90 Å². The van der Waals surface area contributed by atoms with Crippen LogP contribution in [-0.4, -0.2) is 0 Å². The molecule has 0 aliphatic rings. The van der Waals surface area contributed by atoms with Gasteiger partial charge < -0.3 is 4.90 Å². The molecule has 194 valence electrons. The Bertz CT molecular complexity index is 1820. The molecule has 0 spiro atoms. The predicted octanol–water partition coefficient (Wildman–Crippen LogP) is 11.3. The lowest BCUT2D eigenvalue weighted by Gasteiger charge is -2.26. The first-order chi connectivity index (χ1) is 20.3. The first kappa shape index (κ1) is 24.6. The van der Waals surface area contributed by atoms with Gasteiger partial charge in [-0.05, 0) is 80.6 Å². The van der Waals surface area contributed by atoms with Crippen molar-refractivity contribution in [2.24, 2.45) is 0 Å². The lowest BCUT2D eigenvalue weighted by atomic mass is 9.97. The van der Waals surface area contributed by atoms with Crippen molar-refractivity contribution in [3.8, 4) is 33.4 Å². The van der Waals surface area contributed by atoms with Gasteiger partial charge in [0, 0.05) is 17.1 Å². The van der Waals surface area contributed by atoms with E-state index in [1.807, 2.05) is 0 Å².